The molecule has 3 rings (SSSR count). The molecule has 0 amide bonds. The average molecular weight is 454 g/mol. The Balaban J connectivity index is 2.21. The maximum atomic E-state index is 5.86. The van der Waals surface area contributed by atoms with Crippen molar-refractivity contribution in [2.24, 2.45) is 5.84 Å². The highest BCUT2D eigenvalue weighted by atomic mass is 127. The molecule has 3 nitrogen and oxygen atoms in total. The van der Waals surface area contributed by atoms with E-state index in [1.54, 1.807) is 0 Å². The van der Waals surface area contributed by atoms with Gasteiger partial charge in [0.2, 0.25) is 0 Å². The summed E-state index contributed by atoms with van der Waals surface area (Å²) in [4.78, 5) is 4.18. The van der Waals surface area contributed by atoms with Crippen LogP contribution in [0.3, 0.4) is 0 Å². The zero-order valence-corrected chi connectivity index (χ0v) is 14.8. The summed E-state index contributed by atoms with van der Waals surface area (Å²) < 4.78 is 2.21. The quantitative estimate of drug-likeness (QED) is 0.355. The van der Waals surface area contributed by atoms with Crippen LogP contribution in [0.1, 0.15) is 17.2 Å². The van der Waals surface area contributed by atoms with Crippen LogP contribution >= 0.6 is 38.5 Å². The van der Waals surface area contributed by atoms with Crippen LogP contribution in [-0.2, 0) is 0 Å². The number of halogens is 2. The standard InChI is InChI=1S/C16H13BrIN3/c17-11-4-5-15(18)14(8-11)16(21-19)13-3-1-2-10-9-20-7-6-12(10)13/h1-9,16,21H,19H2. The second-order valence-corrected chi connectivity index (χ2v) is 6.79. The summed E-state index contributed by atoms with van der Waals surface area (Å²) in [6.45, 7) is 0. The Morgan fingerprint density at radius 3 is 2.81 bits per heavy atom. The molecule has 3 N–H and O–H groups in total. The molecule has 0 aliphatic carbocycles. The Morgan fingerprint density at radius 1 is 1.14 bits per heavy atom. The molecule has 5 heteroatoms. The van der Waals surface area contributed by atoms with Gasteiger partial charge in [0.25, 0.3) is 0 Å². The van der Waals surface area contributed by atoms with Crippen LogP contribution in [0.25, 0.3) is 10.8 Å². The number of pyridine rings is 1. The first-order chi connectivity index (χ1) is 10.2. The molecule has 2 aromatic carbocycles. The second kappa shape index (κ2) is 6.39. The lowest BCUT2D eigenvalue weighted by Crippen LogP contribution is -2.29. The van der Waals surface area contributed by atoms with Crippen molar-refractivity contribution in [2.75, 3.05) is 0 Å². The molecule has 1 atom stereocenters. The highest BCUT2D eigenvalue weighted by Crippen LogP contribution is 2.32. The zero-order chi connectivity index (χ0) is 14.8. The molecule has 106 valence electrons. The maximum absolute atomic E-state index is 5.86. The number of nitrogens with zero attached hydrogens (tertiary/aromatic N) is 1. The highest BCUT2D eigenvalue weighted by Gasteiger charge is 2.18. The van der Waals surface area contributed by atoms with E-state index in [1.165, 1.54) is 3.57 Å². The van der Waals surface area contributed by atoms with Gasteiger partial charge in [-0.1, -0.05) is 34.1 Å². The zero-order valence-electron chi connectivity index (χ0n) is 11.1. The second-order valence-electron chi connectivity index (χ2n) is 4.71. The number of benzene rings is 2. The summed E-state index contributed by atoms with van der Waals surface area (Å²) in [5, 5.41) is 2.27. The van der Waals surface area contributed by atoms with Crippen molar-refractivity contribution in [1.29, 1.82) is 0 Å². The number of hydrogen-bond acceptors (Lipinski definition) is 3. The lowest BCUT2D eigenvalue weighted by molar-refractivity contribution is 0.638. The van der Waals surface area contributed by atoms with Crippen LogP contribution in [0.15, 0.2) is 59.3 Å². The first kappa shape index (κ1) is 14.9. The van der Waals surface area contributed by atoms with Crippen LogP contribution in [-0.4, -0.2) is 4.98 Å². The average Bonchev–Trinajstić information content (AvgIpc) is 2.51. The molecule has 0 bridgehead atoms. The molecule has 1 aromatic heterocycles. The first-order valence-corrected chi connectivity index (χ1v) is 8.31. The third-order valence-corrected chi connectivity index (χ3v) is 4.94. The normalized spacial score (nSPS) is 12.5. The Hall–Kier alpha value is -1.02. The van der Waals surface area contributed by atoms with Gasteiger partial charge in [0, 0.05) is 25.8 Å². The minimum absolute atomic E-state index is 0.0690. The molecule has 0 saturated heterocycles. The van der Waals surface area contributed by atoms with E-state index in [9.17, 15) is 0 Å². The molecule has 21 heavy (non-hydrogen) atoms. The summed E-state index contributed by atoms with van der Waals surface area (Å²) in [5.41, 5.74) is 5.25. The van der Waals surface area contributed by atoms with Crippen LogP contribution in [0.2, 0.25) is 0 Å². The summed E-state index contributed by atoms with van der Waals surface area (Å²) in [6, 6.07) is 14.4. The predicted octanol–water partition coefficient (Wildman–Crippen LogP) is 4.15. The van der Waals surface area contributed by atoms with E-state index in [2.05, 4.69) is 73.2 Å². The Morgan fingerprint density at radius 2 is 2.00 bits per heavy atom. The topological polar surface area (TPSA) is 50.9 Å². The Labute approximate surface area is 145 Å². The highest BCUT2D eigenvalue weighted by molar-refractivity contribution is 14.1. The summed E-state index contributed by atoms with van der Waals surface area (Å²) >= 11 is 5.87. The maximum Gasteiger partial charge on any atom is 0.0726 e. The van der Waals surface area contributed by atoms with E-state index in [0.29, 0.717) is 0 Å². The van der Waals surface area contributed by atoms with Gasteiger partial charge in [0.05, 0.1) is 6.04 Å². The fourth-order valence-corrected chi connectivity index (χ4v) is 3.51. The molecule has 0 fully saturated rings. The summed E-state index contributed by atoms with van der Waals surface area (Å²) in [7, 11) is 0. The molecule has 1 heterocycles. The number of nitrogens with one attached hydrogen (secondary N) is 1. The van der Waals surface area contributed by atoms with Crippen LogP contribution in [0, 0.1) is 3.57 Å². The number of hydrazine groups is 1. The molecule has 0 radical (unpaired) electrons. The number of fused-ring (bicyclic) bond motifs is 1. The molecule has 1 unspecified atom stereocenters. The van der Waals surface area contributed by atoms with Crippen molar-refractivity contribution >= 4 is 49.3 Å². The molecular weight excluding hydrogens is 441 g/mol. The predicted molar refractivity (Wildman–Crippen MR) is 97.8 cm³/mol. The van der Waals surface area contributed by atoms with E-state index < -0.39 is 0 Å². The molecule has 0 aliphatic heterocycles. The minimum Gasteiger partial charge on any atom is -0.271 e. The lowest BCUT2D eigenvalue weighted by Gasteiger charge is -2.20. The number of hydrogen-bond donors (Lipinski definition) is 2. The lowest BCUT2D eigenvalue weighted by atomic mass is 9.95. The van der Waals surface area contributed by atoms with Gasteiger partial charge in [-0.05, 0) is 63.4 Å². The van der Waals surface area contributed by atoms with E-state index in [4.69, 9.17) is 5.84 Å². The van der Waals surface area contributed by atoms with E-state index >= 15 is 0 Å². The fourth-order valence-electron chi connectivity index (χ4n) is 2.48. The smallest absolute Gasteiger partial charge is 0.0726 e. The van der Waals surface area contributed by atoms with Crippen molar-refractivity contribution in [1.82, 2.24) is 10.4 Å². The number of nitrogens with two attached hydrogens (primary N) is 1. The van der Waals surface area contributed by atoms with Crippen molar-refractivity contribution in [2.45, 2.75) is 6.04 Å². The molecule has 0 saturated carbocycles. The molecule has 0 aliphatic rings. The van der Waals surface area contributed by atoms with Gasteiger partial charge in [0.15, 0.2) is 0 Å². The minimum atomic E-state index is -0.0690. The van der Waals surface area contributed by atoms with E-state index in [1.807, 2.05) is 30.6 Å². The van der Waals surface area contributed by atoms with Crippen molar-refractivity contribution in [3.05, 3.63) is 74.0 Å². The van der Waals surface area contributed by atoms with E-state index in [-0.39, 0.29) is 6.04 Å². The van der Waals surface area contributed by atoms with Crippen LogP contribution < -0.4 is 11.3 Å². The third-order valence-electron chi connectivity index (χ3n) is 3.46. The van der Waals surface area contributed by atoms with Gasteiger partial charge in [-0.15, -0.1) is 0 Å². The SMILES string of the molecule is NNC(c1cc(Br)ccc1I)c1cccc2cnccc12. The van der Waals surface area contributed by atoms with Gasteiger partial charge in [0.1, 0.15) is 0 Å². The largest absolute Gasteiger partial charge is 0.271 e. The van der Waals surface area contributed by atoms with Crippen molar-refractivity contribution in [3.8, 4) is 0 Å². The third kappa shape index (κ3) is 2.96. The Bertz CT molecular complexity index is 786. The van der Waals surface area contributed by atoms with Crippen molar-refractivity contribution < 1.29 is 0 Å². The van der Waals surface area contributed by atoms with E-state index in [0.717, 1.165) is 26.4 Å². The fraction of sp³-hybridized carbons (Fsp3) is 0.0625. The first-order valence-electron chi connectivity index (χ1n) is 6.44. The van der Waals surface area contributed by atoms with Gasteiger partial charge in [-0.2, -0.15) is 0 Å². The van der Waals surface area contributed by atoms with Gasteiger partial charge in [-0.3, -0.25) is 10.8 Å². The summed E-state index contributed by atoms with van der Waals surface area (Å²) in [6.07, 6.45) is 3.68. The van der Waals surface area contributed by atoms with Crippen LogP contribution in [0.4, 0.5) is 0 Å². The number of rotatable bonds is 3. The van der Waals surface area contributed by atoms with Gasteiger partial charge in [-0.25, -0.2) is 5.43 Å². The van der Waals surface area contributed by atoms with Crippen molar-refractivity contribution in [3.63, 3.8) is 0 Å². The van der Waals surface area contributed by atoms with Gasteiger partial charge >= 0.3 is 0 Å². The molecule has 0 spiro atoms. The molecular formula is C16H13BrIN3. The van der Waals surface area contributed by atoms with Gasteiger partial charge < -0.3 is 0 Å². The monoisotopic (exact) mass is 453 g/mol. The number of aromatic nitrogens is 1. The molecule has 3 aromatic rings. The Kier molecular flexibility index (Phi) is 4.54. The van der Waals surface area contributed by atoms with Crippen LogP contribution in [0.5, 0.6) is 0 Å². The summed E-state index contributed by atoms with van der Waals surface area (Å²) in [5.74, 6) is 5.86.